The summed E-state index contributed by atoms with van der Waals surface area (Å²) in [6, 6.07) is 28.4. The van der Waals surface area contributed by atoms with Crippen molar-refractivity contribution < 1.29 is 14.3 Å². The zero-order valence-electron chi connectivity index (χ0n) is 19.7. The van der Waals surface area contributed by atoms with Crippen LogP contribution in [0.15, 0.2) is 91.0 Å². The summed E-state index contributed by atoms with van der Waals surface area (Å²) in [5.74, 6) is -0.192. The fourth-order valence-electron chi connectivity index (χ4n) is 3.78. The van der Waals surface area contributed by atoms with Crippen LogP contribution in [0.3, 0.4) is 0 Å². The third-order valence-electron chi connectivity index (χ3n) is 5.24. The summed E-state index contributed by atoms with van der Waals surface area (Å²) in [6.07, 6.45) is -0.249. The number of amides is 2. The maximum Gasteiger partial charge on any atom is 0.408 e. The molecule has 0 radical (unpaired) electrons. The Hall–Kier alpha value is -3.60. The van der Waals surface area contributed by atoms with Crippen molar-refractivity contribution in [3.05, 3.63) is 108 Å². The summed E-state index contributed by atoms with van der Waals surface area (Å²) in [4.78, 5) is 28.1. The summed E-state index contributed by atoms with van der Waals surface area (Å²) in [5.41, 5.74) is 2.29. The number of rotatable bonds is 7. The van der Waals surface area contributed by atoms with Crippen molar-refractivity contribution >= 4 is 12.0 Å². The second-order valence-electron chi connectivity index (χ2n) is 9.06. The molecule has 3 aromatic rings. The molecule has 0 spiro atoms. The van der Waals surface area contributed by atoms with E-state index in [-0.39, 0.29) is 11.9 Å². The molecular formula is C28H32N2O3. The molecule has 2 amide bonds. The molecule has 5 nitrogen and oxygen atoms in total. The molecule has 0 heterocycles. The fourth-order valence-corrected chi connectivity index (χ4v) is 3.78. The van der Waals surface area contributed by atoms with Gasteiger partial charge >= 0.3 is 6.09 Å². The van der Waals surface area contributed by atoms with Gasteiger partial charge in [-0.15, -0.1) is 0 Å². The number of nitrogens with zero attached hydrogens (tertiary/aromatic N) is 1. The van der Waals surface area contributed by atoms with E-state index in [1.54, 1.807) is 32.7 Å². The maximum atomic E-state index is 13.8. The van der Waals surface area contributed by atoms with E-state index in [1.165, 1.54) is 0 Å². The number of carbonyl (C=O) groups is 2. The quantitative estimate of drug-likeness (QED) is 0.533. The first kappa shape index (κ1) is 24.1. The average molecular weight is 445 g/mol. The van der Waals surface area contributed by atoms with Gasteiger partial charge in [0.2, 0.25) is 5.91 Å². The van der Waals surface area contributed by atoms with Crippen LogP contribution >= 0.6 is 0 Å². The zero-order chi connectivity index (χ0) is 23.8. The van der Waals surface area contributed by atoms with Gasteiger partial charge in [-0.25, -0.2) is 4.79 Å². The van der Waals surface area contributed by atoms with Crippen LogP contribution < -0.4 is 5.32 Å². The molecule has 3 rings (SSSR count). The standard InChI is InChI=1S/C28H32N2O3/c1-28(2,3)33-27(32)29-24(20-21-14-8-5-9-15-21)26(31)30(4)25(22-16-10-6-11-17-22)23-18-12-7-13-19-23/h5-19,24-25H,20H2,1-4H3,(H,29,32)/t24-/m0/s1. The molecule has 0 saturated heterocycles. The van der Waals surface area contributed by atoms with Gasteiger partial charge in [-0.2, -0.15) is 0 Å². The molecule has 0 fully saturated rings. The summed E-state index contributed by atoms with van der Waals surface area (Å²) >= 11 is 0. The lowest BCUT2D eigenvalue weighted by atomic mass is 9.96. The SMILES string of the molecule is CN(C(=O)[C@H](Cc1ccccc1)NC(=O)OC(C)(C)C)C(c1ccccc1)c1ccccc1. The Labute approximate surface area is 196 Å². The van der Waals surface area contributed by atoms with E-state index in [0.717, 1.165) is 16.7 Å². The van der Waals surface area contributed by atoms with Crippen LogP contribution in [0, 0.1) is 0 Å². The predicted molar refractivity (Wildman–Crippen MR) is 131 cm³/mol. The third-order valence-corrected chi connectivity index (χ3v) is 5.24. The Morgan fingerprint density at radius 2 is 1.27 bits per heavy atom. The molecule has 3 aromatic carbocycles. The molecule has 0 aromatic heterocycles. The Morgan fingerprint density at radius 1 is 0.818 bits per heavy atom. The van der Waals surface area contributed by atoms with Crippen LogP contribution in [0.2, 0.25) is 0 Å². The molecule has 33 heavy (non-hydrogen) atoms. The molecular weight excluding hydrogens is 412 g/mol. The highest BCUT2D eigenvalue weighted by Gasteiger charge is 2.31. The third kappa shape index (κ3) is 6.94. The molecule has 1 atom stereocenters. The molecule has 0 unspecified atom stereocenters. The summed E-state index contributed by atoms with van der Waals surface area (Å²) < 4.78 is 5.44. The normalized spacial score (nSPS) is 12.2. The van der Waals surface area contributed by atoms with Gasteiger partial charge in [-0.3, -0.25) is 4.79 Å². The van der Waals surface area contributed by atoms with Crippen molar-refractivity contribution in [2.45, 2.75) is 44.9 Å². The smallest absolute Gasteiger partial charge is 0.408 e. The second kappa shape index (κ2) is 10.8. The lowest BCUT2D eigenvalue weighted by molar-refractivity contribution is -0.133. The van der Waals surface area contributed by atoms with Crippen LogP contribution in [-0.2, 0) is 16.0 Å². The van der Waals surface area contributed by atoms with Gasteiger partial charge in [0.15, 0.2) is 0 Å². The summed E-state index contributed by atoms with van der Waals surface area (Å²) in [5, 5.41) is 2.81. The zero-order valence-corrected chi connectivity index (χ0v) is 19.7. The highest BCUT2D eigenvalue weighted by molar-refractivity contribution is 5.86. The fraction of sp³-hybridized carbons (Fsp3) is 0.286. The van der Waals surface area contributed by atoms with Crippen LogP contribution in [0.4, 0.5) is 4.79 Å². The highest BCUT2D eigenvalue weighted by atomic mass is 16.6. The molecule has 0 aliphatic heterocycles. The number of hydrogen-bond acceptors (Lipinski definition) is 3. The van der Waals surface area contributed by atoms with Gasteiger partial charge in [0.25, 0.3) is 0 Å². The van der Waals surface area contributed by atoms with Crippen molar-refractivity contribution in [3.63, 3.8) is 0 Å². The number of hydrogen-bond donors (Lipinski definition) is 1. The Morgan fingerprint density at radius 3 is 1.73 bits per heavy atom. The van der Waals surface area contributed by atoms with E-state index in [0.29, 0.717) is 6.42 Å². The Balaban J connectivity index is 1.92. The number of nitrogens with one attached hydrogen (secondary N) is 1. The van der Waals surface area contributed by atoms with Gasteiger partial charge in [-0.05, 0) is 37.5 Å². The maximum absolute atomic E-state index is 13.8. The van der Waals surface area contributed by atoms with Crippen LogP contribution in [0.5, 0.6) is 0 Å². The monoisotopic (exact) mass is 444 g/mol. The molecule has 0 saturated carbocycles. The number of alkyl carbamates (subject to hydrolysis) is 1. The van der Waals surface area contributed by atoms with E-state index in [4.69, 9.17) is 4.74 Å². The molecule has 5 heteroatoms. The molecule has 0 aliphatic rings. The number of ether oxygens (including phenoxy) is 1. The van der Waals surface area contributed by atoms with E-state index >= 15 is 0 Å². The van der Waals surface area contributed by atoms with Gasteiger partial charge < -0.3 is 15.0 Å². The first-order valence-corrected chi connectivity index (χ1v) is 11.1. The predicted octanol–water partition coefficient (Wildman–Crippen LogP) is 5.37. The average Bonchev–Trinajstić information content (AvgIpc) is 2.79. The van der Waals surface area contributed by atoms with Crippen LogP contribution in [-0.4, -0.2) is 35.6 Å². The van der Waals surface area contributed by atoms with Crippen molar-refractivity contribution in [3.8, 4) is 0 Å². The van der Waals surface area contributed by atoms with E-state index in [2.05, 4.69) is 5.32 Å². The summed E-state index contributed by atoms with van der Waals surface area (Å²) in [7, 11) is 1.78. The summed E-state index contributed by atoms with van der Waals surface area (Å²) in [6.45, 7) is 5.40. The minimum atomic E-state index is -0.776. The van der Waals surface area contributed by atoms with E-state index < -0.39 is 17.7 Å². The van der Waals surface area contributed by atoms with Crippen LogP contribution in [0.1, 0.15) is 43.5 Å². The van der Waals surface area contributed by atoms with Gasteiger partial charge in [0.05, 0.1) is 6.04 Å². The topological polar surface area (TPSA) is 58.6 Å². The number of likely N-dealkylation sites (N-methyl/N-ethyl adjacent to an activating group) is 1. The van der Waals surface area contributed by atoms with Crippen LogP contribution in [0.25, 0.3) is 0 Å². The number of carbonyl (C=O) groups excluding carboxylic acids is 2. The van der Waals surface area contributed by atoms with Gasteiger partial charge in [0.1, 0.15) is 11.6 Å². The molecule has 0 bridgehead atoms. The highest BCUT2D eigenvalue weighted by Crippen LogP contribution is 2.28. The lowest BCUT2D eigenvalue weighted by Crippen LogP contribution is -2.50. The molecule has 0 aliphatic carbocycles. The van der Waals surface area contributed by atoms with E-state index in [9.17, 15) is 9.59 Å². The second-order valence-corrected chi connectivity index (χ2v) is 9.06. The van der Waals surface area contributed by atoms with Crippen molar-refractivity contribution in [2.24, 2.45) is 0 Å². The Kier molecular flexibility index (Phi) is 7.88. The molecule has 1 N–H and O–H groups in total. The first-order chi connectivity index (χ1) is 15.7. The minimum Gasteiger partial charge on any atom is -0.444 e. The number of benzene rings is 3. The van der Waals surface area contributed by atoms with Gasteiger partial charge in [0, 0.05) is 13.5 Å². The van der Waals surface area contributed by atoms with Crippen molar-refractivity contribution in [2.75, 3.05) is 7.05 Å². The first-order valence-electron chi connectivity index (χ1n) is 11.1. The van der Waals surface area contributed by atoms with E-state index in [1.807, 2.05) is 91.0 Å². The van der Waals surface area contributed by atoms with Gasteiger partial charge in [-0.1, -0.05) is 91.0 Å². The largest absolute Gasteiger partial charge is 0.444 e. The van der Waals surface area contributed by atoms with Crippen molar-refractivity contribution in [1.82, 2.24) is 10.2 Å². The lowest BCUT2D eigenvalue weighted by Gasteiger charge is -2.33. The minimum absolute atomic E-state index is 0.192. The van der Waals surface area contributed by atoms with Crippen molar-refractivity contribution in [1.29, 1.82) is 0 Å². The molecule has 172 valence electrons. The Bertz CT molecular complexity index is 992.